The average Bonchev–Trinajstić information content (AvgIpc) is 3.12. The highest BCUT2D eigenvalue weighted by atomic mass is 19.4. The highest BCUT2D eigenvalue weighted by molar-refractivity contribution is 5.79. The zero-order valence-corrected chi connectivity index (χ0v) is 16.0. The van der Waals surface area contributed by atoms with Crippen LogP contribution >= 0.6 is 0 Å². The van der Waals surface area contributed by atoms with Crippen molar-refractivity contribution in [1.29, 1.82) is 0 Å². The number of guanidine groups is 1. The number of aromatic nitrogens is 3. The van der Waals surface area contributed by atoms with Gasteiger partial charge < -0.3 is 19.9 Å². The van der Waals surface area contributed by atoms with Crippen LogP contribution < -0.4 is 15.4 Å². The van der Waals surface area contributed by atoms with E-state index in [2.05, 4.69) is 25.8 Å². The van der Waals surface area contributed by atoms with Crippen LogP contribution in [0, 0.1) is 0 Å². The predicted molar refractivity (Wildman–Crippen MR) is 100 cm³/mol. The minimum Gasteiger partial charge on any atom is -0.484 e. The topological polar surface area (TPSA) is 76.4 Å². The van der Waals surface area contributed by atoms with Gasteiger partial charge in [0.05, 0.1) is 6.54 Å². The number of para-hydroxylation sites is 1. The Kier molecular flexibility index (Phi) is 8.09. The molecule has 1 aromatic heterocycles. The monoisotopic (exact) mass is 398 g/mol. The standard InChI is InChI=1S/C18H25F3N6O/c1-3-16-26-25-13-27(16)10-9-23-17(22-4-2)24-11-14-7-5-6-8-15(14)28-12-18(19,20)21/h5-8,13H,3-4,9-12H2,1-2H3,(H2,22,23,24). The SMILES string of the molecule is CCNC(=NCc1ccccc1OCC(F)(F)F)NCCn1cnnc1CC. The normalized spacial score (nSPS) is 12.1. The number of aryl methyl sites for hydroxylation is 1. The first-order valence-electron chi connectivity index (χ1n) is 9.09. The van der Waals surface area contributed by atoms with Gasteiger partial charge >= 0.3 is 6.18 Å². The van der Waals surface area contributed by atoms with Crippen LogP contribution in [0.15, 0.2) is 35.6 Å². The van der Waals surface area contributed by atoms with Crippen molar-refractivity contribution >= 4 is 5.96 Å². The summed E-state index contributed by atoms with van der Waals surface area (Å²) in [6.07, 6.45) is -1.91. The number of nitrogens with one attached hydrogen (secondary N) is 2. The summed E-state index contributed by atoms with van der Waals surface area (Å²) in [5.74, 6) is 1.65. The van der Waals surface area contributed by atoms with Crippen molar-refractivity contribution in [3.63, 3.8) is 0 Å². The Morgan fingerprint density at radius 3 is 2.71 bits per heavy atom. The molecule has 2 rings (SSSR count). The molecule has 0 bridgehead atoms. The van der Waals surface area contributed by atoms with Gasteiger partial charge in [0, 0.05) is 31.6 Å². The van der Waals surface area contributed by atoms with Crippen molar-refractivity contribution < 1.29 is 17.9 Å². The molecule has 28 heavy (non-hydrogen) atoms. The van der Waals surface area contributed by atoms with E-state index in [1.165, 1.54) is 6.07 Å². The molecule has 1 aromatic carbocycles. The van der Waals surface area contributed by atoms with Crippen molar-refractivity contribution in [1.82, 2.24) is 25.4 Å². The number of aliphatic imine (C=N–C) groups is 1. The van der Waals surface area contributed by atoms with Crippen LogP contribution in [0.3, 0.4) is 0 Å². The molecule has 1 heterocycles. The second-order valence-electron chi connectivity index (χ2n) is 5.93. The van der Waals surface area contributed by atoms with Crippen molar-refractivity contribution in [2.24, 2.45) is 4.99 Å². The maximum Gasteiger partial charge on any atom is 0.422 e. The van der Waals surface area contributed by atoms with Gasteiger partial charge in [-0.15, -0.1) is 10.2 Å². The van der Waals surface area contributed by atoms with Gasteiger partial charge in [-0.3, -0.25) is 0 Å². The summed E-state index contributed by atoms with van der Waals surface area (Å²) >= 11 is 0. The first kappa shape index (κ1) is 21.5. The summed E-state index contributed by atoms with van der Waals surface area (Å²) in [6.45, 7) is 4.74. The molecule has 2 aromatic rings. The summed E-state index contributed by atoms with van der Waals surface area (Å²) < 4.78 is 44.1. The molecule has 0 aliphatic rings. The van der Waals surface area contributed by atoms with Crippen LogP contribution in [0.5, 0.6) is 5.75 Å². The third-order valence-electron chi connectivity index (χ3n) is 3.77. The molecule has 0 fully saturated rings. The Hall–Kier alpha value is -2.78. The van der Waals surface area contributed by atoms with Crippen LogP contribution in [0.4, 0.5) is 13.2 Å². The third-order valence-corrected chi connectivity index (χ3v) is 3.77. The van der Waals surface area contributed by atoms with E-state index in [1.807, 2.05) is 18.4 Å². The molecule has 0 radical (unpaired) electrons. The van der Waals surface area contributed by atoms with Gasteiger partial charge in [0.15, 0.2) is 12.6 Å². The summed E-state index contributed by atoms with van der Waals surface area (Å²) in [7, 11) is 0. The Bertz CT molecular complexity index is 760. The van der Waals surface area contributed by atoms with E-state index in [9.17, 15) is 13.2 Å². The molecular formula is C18H25F3N6O. The quantitative estimate of drug-likeness (QED) is 0.502. The number of halogens is 3. The Morgan fingerprint density at radius 2 is 2.00 bits per heavy atom. The fraction of sp³-hybridized carbons (Fsp3) is 0.500. The molecule has 2 N–H and O–H groups in total. The zero-order valence-electron chi connectivity index (χ0n) is 16.0. The summed E-state index contributed by atoms with van der Waals surface area (Å²) in [4.78, 5) is 4.44. The van der Waals surface area contributed by atoms with Gasteiger partial charge in [0.1, 0.15) is 17.9 Å². The smallest absolute Gasteiger partial charge is 0.422 e. The van der Waals surface area contributed by atoms with Crippen molar-refractivity contribution in [3.8, 4) is 5.75 Å². The van der Waals surface area contributed by atoms with E-state index < -0.39 is 12.8 Å². The second kappa shape index (κ2) is 10.5. The minimum absolute atomic E-state index is 0.177. The number of benzene rings is 1. The first-order chi connectivity index (χ1) is 13.4. The first-order valence-corrected chi connectivity index (χ1v) is 9.09. The molecule has 0 aliphatic heterocycles. The third kappa shape index (κ3) is 7.09. The van der Waals surface area contributed by atoms with Crippen LogP contribution in [0.25, 0.3) is 0 Å². The van der Waals surface area contributed by atoms with Gasteiger partial charge in [-0.05, 0) is 13.0 Å². The van der Waals surface area contributed by atoms with Crippen LogP contribution in [-0.2, 0) is 19.5 Å². The van der Waals surface area contributed by atoms with Crippen molar-refractivity contribution in [3.05, 3.63) is 42.0 Å². The summed E-state index contributed by atoms with van der Waals surface area (Å²) in [5, 5.41) is 14.2. The Morgan fingerprint density at radius 1 is 1.21 bits per heavy atom. The van der Waals surface area contributed by atoms with E-state index in [0.717, 1.165) is 12.2 Å². The van der Waals surface area contributed by atoms with Gasteiger partial charge in [-0.1, -0.05) is 25.1 Å². The zero-order chi connectivity index (χ0) is 20.4. The molecule has 0 amide bonds. The molecule has 0 spiro atoms. The molecule has 0 saturated heterocycles. The van der Waals surface area contributed by atoms with Gasteiger partial charge in [-0.2, -0.15) is 13.2 Å². The van der Waals surface area contributed by atoms with E-state index in [-0.39, 0.29) is 12.3 Å². The summed E-state index contributed by atoms with van der Waals surface area (Å²) in [6, 6.07) is 6.58. The number of nitrogens with zero attached hydrogens (tertiary/aromatic N) is 4. The largest absolute Gasteiger partial charge is 0.484 e. The molecule has 154 valence electrons. The van der Waals surface area contributed by atoms with Crippen molar-refractivity contribution in [2.75, 3.05) is 19.7 Å². The molecule has 0 atom stereocenters. The maximum absolute atomic E-state index is 12.4. The van der Waals surface area contributed by atoms with E-state index in [0.29, 0.717) is 31.2 Å². The molecular weight excluding hydrogens is 373 g/mol. The van der Waals surface area contributed by atoms with E-state index >= 15 is 0 Å². The van der Waals surface area contributed by atoms with Gasteiger partial charge in [0.2, 0.25) is 0 Å². The van der Waals surface area contributed by atoms with Crippen LogP contribution in [0.1, 0.15) is 25.2 Å². The lowest BCUT2D eigenvalue weighted by Gasteiger charge is -2.14. The minimum atomic E-state index is -4.38. The highest BCUT2D eigenvalue weighted by Gasteiger charge is 2.28. The Labute approximate surface area is 162 Å². The molecule has 0 saturated carbocycles. The highest BCUT2D eigenvalue weighted by Crippen LogP contribution is 2.22. The lowest BCUT2D eigenvalue weighted by Crippen LogP contribution is -2.39. The lowest BCUT2D eigenvalue weighted by atomic mass is 10.2. The van der Waals surface area contributed by atoms with E-state index in [1.54, 1.807) is 24.5 Å². The summed E-state index contributed by atoms with van der Waals surface area (Å²) in [5.41, 5.74) is 0.580. The van der Waals surface area contributed by atoms with E-state index in [4.69, 9.17) is 4.74 Å². The number of ether oxygens (including phenoxy) is 1. The second-order valence-corrected chi connectivity index (χ2v) is 5.93. The van der Waals surface area contributed by atoms with Gasteiger partial charge in [-0.25, -0.2) is 4.99 Å². The molecule has 10 heteroatoms. The number of hydrogen-bond donors (Lipinski definition) is 2. The van der Waals surface area contributed by atoms with Crippen LogP contribution in [0.2, 0.25) is 0 Å². The fourth-order valence-electron chi connectivity index (χ4n) is 2.48. The molecule has 7 nitrogen and oxygen atoms in total. The van der Waals surface area contributed by atoms with Crippen molar-refractivity contribution in [2.45, 2.75) is 39.5 Å². The number of rotatable bonds is 9. The lowest BCUT2D eigenvalue weighted by molar-refractivity contribution is -0.153. The number of alkyl halides is 3. The number of hydrogen-bond acceptors (Lipinski definition) is 4. The molecule has 0 aliphatic carbocycles. The fourth-order valence-corrected chi connectivity index (χ4v) is 2.48. The predicted octanol–water partition coefficient (Wildman–Crippen LogP) is 2.54. The average molecular weight is 398 g/mol. The maximum atomic E-state index is 12.4. The van der Waals surface area contributed by atoms with Gasteiger partial charge in [0.25, 0.3) is 0 Å². The van der Waals surface area contributed by atoms with Crippen LogP contribution in [-0.4, -0.2) is 46.6 Å². The Balaban J connectivity index is 1.96. The molecule has 0 unspecified atom stereocenters.